The average Bonchev–Trinajstić information content (AvgIpc) is 3.53. The number of carbonyl (C=O) groups excluding carboxylic acids is 1. The van der Waals surface area contributed by atoms with E-state index in [1.165, 1.54) is 11.3 Å². The minimum Gasteiger partial charge on any atom is -0.456 e. The van der Waals surface area contributed by atoms with Gasteiger partial charge in [-0.15, -0.1) is 0 Å². The van der Waals surface area contributed by atoms with Crippen LogP contribution >= 0.6 is 35.3 Å². The first-order chi connectivity index (χ1) is 20.5. The minimum absolute atomic E-state index is 0.0281. The smallest absolute Gasteiger partial charge is 0.255 e. The van der Waals surface area contributed by atoms with Crippen LogP contribution in [-0.2, 0) is 5.54 Å². The average molecular weight is 618 g/mol. The summed E-state index contributed by atoms with van der Waals surface area (Å²) in [6, 6.07) is 21.0. The Balaban J connectivity index is 1.55. The zero-order valence-electron chi connectivity index (χ0n) is 24.3. The van der Waals surface area contributed by atoms with Crippen molar-refractivity contribution in [2.45, 2.75) is 37.6 Å². The Morgan fingerprint density at radius 3 is 2.05 bits per heavy atom. The number of hydrogen-bond acceptors (Lipinski definition) is 8. The quantitative estimate of drug-likeness (QED) is 0.146. The highest BCUT2D eigenvalue weighted by atomic mass is 32.2. The van der Waals surface area contributed by atoms with Gasteiger partial charge in [0, 0.05) is 78.7 Å². The molecule has 3 aromatic carbocycles. The van der Waals surface area contributed by atoms with Crippen molar-refractivity contribution in [3.63, 3.8) is 0 Å². The Kier molecular flexibility index (Phi) is 8.04. The van der Waals surface area contributed by atoms with E-state index in [0.29, 0.717) is 16.3 Å². The lowest BCUT2D eigenvalue weighted by Crippen LogP contribution is -2.48. The molecule has 218 valence electrons. The lowest BCUT2D eigenvalue weighted by atomic mass is 9.74. The van der Waals surface area contributed by atoms with Gasteiger partial charge >= 0.3 is 0 Å². The third kappa shape index (κ3) is 4.60. The number of hydrogen-bond donors (Lipinski definition) is 1. The number of aromatic amines is 1. The Bertz CT molecular complexity index is 1610. The third-order valence-electron chi connectivity index (χ3n) is 8.34. The standard InChI is InChI=1S/C32H35N5O2S3/c1-5-35(6-2)21-13-15-25-27(19-21)39-28-20-22(36(7-3)8-4)14-16-26(28)32(25)24-12-10-9-11-23(24)29(38)37(32)17-18-41-31-34-33-30(40)42-31/h9-16,19-20H,5-8,17-18H2,1-4H3,(H,33,40). The molecule has 1 amide bonds. The summed E-state index contributed by atoms with van der Waals surface area (Å²) in [7, 11) is 0. The van der Waals surface area contributed by atoms with Crippen LogP contribution in [0.4, 0.5) is 11.4 Å². The summed E-state index contributed by atoms with van der Waals surface area (Å²) in [4.78, 5) is 21.0. The van der Waals surface area contributed by atoms with E-state index < -0.39 is 5.54 Å². The van der Waals surface area contributed by atoms with E-state index in [4.69, 9.17) is 17.0 Å². The number of rotatable bonds is 10. The van der Waals surface area contributed by atoms with Gasteiger partial charge in [-0.3, -0.25) is 9.89 Å². The summed E-state index contributed by atoms with van der Waals surface area (Å²) < 4.78 is 8.30. The molecule has 0 fully saturated rings. The van der Waals surface area contributed by atoms with Gasteiger partial charge in [-0.1, -0.05) is 53.4 Å². The first-order valence-electron chi connectivity index (χ1n) is 14.5. The van der Waals surface area contributed by atoms with E-state index in [9.17, 15) is 4.79 Å². The summed E-state index contributed by atoms with van der Waals surface area (Å²) in [5.41, 5.74) is 5.09. The number of amides is 1. The Hall–Kier alpha value is -3.34. The number of carbonyl (C=O) groups is 1. The summed E-state index contributed by atoms with van der Waals surface area (Å²) in [6.45, 7) is 12.8. The normalized spacial score (nSPS) is 14.4. The molecule has 2 aliphatic rings. The van der Waals surface area contributed by atoms with Gasteiger partial charge in [0.2, 0.25) is 0 Å². The van der Waals surface area contributed by atoms with E-state index in [1.54, 1.807) is 11.8 Å². The van der Waals surface area contributed by atoms with Gasteiger partial charge in [-0.2, -0.15) is 5.10 Å². The molecule has 7 nitrogen and oxygen atoms in total. The Morgan fingerprint density at radius 2 is 1.50 bits per heavy atom. The molecule has 0 bridgehead atoms. The van der Waals surface area contributed by atoms with Gasteiger partial charge in [-0.25, -0.2) is 0 Å². The topological polar surface area (TPSA) is 64.7 Å². The van der Waals surface area contributed by atoms with E-state index in [1.807, 2.05) is 23.1 Å². The number of benzene rings is 3. The molecular formula is C32H35N5O2S3. The molecule has 0 unspecified atom stereocenters. The third-order valence-corrected chi connectivity index (χ3v) is 10.6. The molecule has 3 heterocycles. The molecule has 2 aliphatic heterocycles. The number of nitrogens with zero attached hydrogens (tertiary/aromatic N) is 4. The zero-order valence-corrected chi connectivity index (χ0v) is 26.8. The second-order valence-corrected chi connectivity index (χ2v) is 13.3. The van der Waals surface area contributed by atoms with E-state index in [0.717, 1.165) is 75.6 Å². The molecule has 0 radical (unpaired) electrons. The van der Waals surface area contributed by atoms with Gasteiger partial charge in [-0.05, 0) is 63.7 Å². The van der Waals surface area contributed by atoms with Crippen LogP contribution < -0.4 is 14.5 Å². The maximum Gasteiger partial charge on any atom is 0.255 e. The van der Waals surface area contributed by atoms with Crippen molar-refractivity contribution < 1.29 is 9.53 Å². The van der Waals surface area contributed by atoms with E-state index in [-0.39, 0.29) is 5.91 Å². The van der Waals surface area contributed by atoms with Crippen LogP contribution in [0.1, 0.15) is 54.7 Å². The van der Waals surface area contributed by atoms with Crippen molar-refractivity contribution >= 4 is 52.6 Å². The number of nitrogens with one attached hydrogen (secondary N) is 1. The summed E-state index contributed by atoms with van der Waals surface area (Å²) in [5, 5.41) is 7.18. The predicted octanol–water partition coefficient (Wildman–Crippen LogP) is 7.54. The molecular weight excluding hydrogens is 583 g/mol. The maximum absolute atomic E-state index is 14.3. The molecule has 0 saturated carbocycles. The molecule has 0 aliphatic carbocycles. The number of thioether (sulfide) groups is 1. The lowest BCUT2D eigenvalue weighted by molar-refractivity contribution is 0.0682. The van der Waals surface area contributed by atoms with Crippen molar-refractivity contribution in [1.82, 2.24) is 15.1 Å². The van der Waals surface area contributed by atoms with Gasteiger partial charge in [0.15, 0.2) is 8.29 Å². The molecule has 4 aromatic rings. The second kappa shape index (κ2) is 11.7. The lowest BCUT2D eigenvalue weighted by Gasteiger charge is -2.44. The van der Waals surface area contributed by atoms with Crippen molar-refractivity contribution in [3.8, 4) is 11.5 Å². The van der Waals surface area contributed by atoms with E-state index in [2.05, 4.69) is 90.2 Å². The van der Waals surface area contributed by atoms with Crippen molar-refractivity contribution in [2.75, 3.05) is 48.3 Å². The summed E-state index contributed by atoms with van der Waals surface area (Å²) in [5.74, 6) is 2.28. The van der Waals surface area contributed by atoms with Gasteiger partial charge in [0.25, 0.3) is 5.91 Å². The fraction of sp³-hybridized carbons (Fsp3) is 0.344. The van der Waals surface area contributed by atoms with Crippen LogP contribution in [0.5, 0.6) is 11.5 Å². The number of aromatic nitrogens is 2. The van der Waals surface area contributed by atoms with E-state index >= 15 is 0 Å². The maximum atomic E-state index is 14.3. The van der Waals surface area contributed by atoms with Crippen LogP contribution in [0.15, 0.2) is 65.0 Å². The van der Waals surface area contributed by atoms with Crippen molar-refractivity contribution in [1.29, 1.82) is 0 Å². The number of fused-ring (bicyclic) bond motifs is 6. The molecule has 10 heteroatoms. The minimum atomic E-state index is -0.821. The molecule has 1 aromatic heterocycles. The van der Waals surface area contributed by atoms with Crippen LogP contribution in [0, 0.1) is 3.95 Å². The fourth-order valence-corrected chi connectivity index (χ4v) is 8.48. The number of ether oxygens (including phenoxy) is 1. The second-order valence-electron chi connectivity index (χ2n) is 10.2. The van der Waals surface area contributed by atoms with Crippen LogP contribution in [0.2, 0.25) is 0 Å². The Labute approximate surface area is 260 Å². The molecule has 1 spiro atoms. The first-order valence-corrected chi connectivity index (χ1v) is 16.7. The molecule has 0 atom stereocenters. The summed E-state index contributed by atoms with van der Waals surface area (Å²) >= 11 is 8.31. The number of anilines is 2. The monoisotopic (exact) mass is 617 g/mol. The molecule has 6 rings (SSSR count). The highest BCUT2D eigenvalue weighted by molar-refractivity contribution is 8.01. The van der Waals surface area contributed by atoms with Gasteiger partial charge < -0.3 is 19.4 Å². The van der Waals surface area contributed by atoms with Crippen LogP contribution in [-0.4, -0.2) is 59.5 Å². The predicted molar refractivity (Wildman–Crippen MR) is 175 cm³/mol. The SMILES string of the molecule is CCN(CC)c1ccc2c(c1)Oc1cc(N(CC)CC)ccc1C21c2ccccc2C(=O)N1CCSc1n[nH]c(=S)s1. The van der Waals surface area contributed by atoms with Crippen molar-refractivity contribution in [3.05, 3.63) is 86.9 Å². The molecule has 42 heavy (non-hydrogen) atoms. The first kappa shape index (κ1) is 28.8. The highest BCUT2D eigenvalue weighted by Gasteiger charge is 2.56. The van der Waals surface area contributed by atoms with Crippen LogP contribution in [0.3, 0.4) is 0 Å². The molecule has 1 N–H and O–H groups in total. The zero-order chi connectivity index (χ0) is 29.4. The molecule has 0 saturated heterocycles. The largest absolute Gasteiger partial charge is 0.456 e. The summed E-state index contributed by atoms with van der Waals surface area (Å²) in [6.07, 6.45) is 0. The fourth-order valence-electron chi connectivity index (χ4n) is 6.40. The highest BCUT2D eigenvalue weighted by Crippen LogP contribution is 2.58. The Morgan fingerprint density at radius 1 is 0.905 bits per heavy atom. The van der Waals surface area contributed by atoms with Gasteiger partial charge in [0.05, 0.1) is 0 Å². The number of H-pyrrole nitrogens is 1. The van der Waals surface area contributed by atoms with Crippen molar-refractivity contribution in [2.24, 2.45) is 0 Å². The van der Waals surface area contributed by atoms with Crippen LogP contribution in [0.25, 0.3) is 0 Å². The van der Waals surface area contributed by atoms with Gasteiger partial charge in [0.1, 0.15) is 17.0 Å².